The highest BCUT2D eigenvalue weighted by Gasteiger charge is 2.24. The molecule has 0 radical (unpaired) electrons. The van der Waals surface area contributed by atoms with Crippen molar-refractivity contribution in [2.75, 3.05) is 0 Å². The van der Waals surface area contributed by atoms with E-state index in [0.29, 0.717) is 6.42 Å². The largest absolute Gasteiger partial charge is 0.392 e. The fraction of sp³-hybridized carbons (Fsp3) is 0.364. The Kier molecular flexibility index (Phi) is 3.65. The van der Waals surface area contributed by atoms with Gasteiger partial charge in [0, 0.05) is 0 Å². The average molecular weight is 193 g/mol. The maximum atomic E-state index is 11.2. The second-order valence-electron chi connectivity index (χ2n) is 3.27. The Morgan fingerprint density at radius 2 is 2.00 bits per heavy atom. The van der Waals surface area contributed by atoms with Crippen LogP contribution in [-0.4, -0.2) is 17.1 Å². The normalized spacial score (nSPS) is 14.7. The highest BCUT2D eigenvalue weighted by Crippen LogP contribution is 2.20. The Morgan fingerprint density at radius 1 is 1.43 bits per heavy atom. The Balaban J connectivity index is 2.95. The van der Waals surface area contributed by atoms with Crippen LogP contribution in [0, 0.1) is 0 Å². The van der Waals surface area contributed by atoms with Gasteiger partial charge >= 0.3 is 0 Å². The number of benzene rings is 1. The minimum atomic E-state index is -0.699. The number of hydrogen-bond acceptors (Lipinski definition) is 2. The van der Waals surface area contributed by atoms with Gasteiger partial charge in [0.15, 0.2) is 0 Å². The molecule has 76 valence electrons. The van der Waals surface area contributed by atoms with E-state index in [2.05, 4.69) is 0 Å². The summed E-state index contributed by atoms with van der Waals surface area (Å²) < 4.78 is 0. The highest BCUT2D eigenvalue weighted by atomic mass is 16.3. The van der Waals surface area contributed by atoms with Gasteiger partial charge in [-0.15, -0.1) is 0 Å². The van der Waals surface area contributed by atoms with Crippen LogP contribution < -0.4 is 5.73 Å². The molecule has 0 aliphatic rings. The Hall–Kier alpha value is -1.35. The first-order chi connectivity index (χ1) is 6.66. The lowest BCUT2D eigenvalue weighted by Crippen LogP contribution is -2.31. The Bertz CT molecular complexity index is 297. The summed E-state index contributed by atoms with van der Waals surface area (Å²) in [6, 6.07) is 9.11. The van der Waals surface area contributed by atoms with E-state index in [1.807, 2.05) is 25.1 Å². The highest BCUT2D eigenvalue weighted by molar-refractivity contribution is 5.82. The zero-order valence-corrected chi connectivity index (χ0v) is 8.18. The summed E-state index contributed by atoms with van der Waals surface area (Å²) in [6.45, 7) is 1.82. The second kappa shape index (κ2) is 4.77. The van der Waals surface area contributed by atoms with Gasteiger partial charge in [0.2, 0.25) is 5.91 Å². The van der Waals surface area contributed by atoms with Crippen LogP contribution in [0.3, 0.4) is 0 Å². The molecule has 0 heterocycles. The van der Waals surface area contributed by atoms with Gasteiger partial charge in [0.1, 0.15) is 0 Å². The summed E-state index contributed by atoms with van der Waals surface area (Å²) in [5, 5.41) is 9.64. The van der Waals surface area contributed by atoms with E-state index in [1.165, 1.54) is 0 Å². The number of carbonyl (C=O) groups is 1. The van der Waals surface area contributed by atoms with Crippen LogP contribution in [0.15, 0.2) is 30.3 Å². The summed E-state index contributed by atoms with van der Waals surface area (Å²) in [5.41, 5.74) is 6.02. The van der Waals surface area contributed by atoms with Crippen LogP contribution in [0.4, 0.5) is 0 Å². The quantitative estimate of drug-likeness (QED) is 0.750. The summed E-state index contributed by atoms with van der Waals surface area (Å²) in [5.74, 6) is -1.08. The molecule has 3 N–H and O–H groups in total. The number of aliphatic hydroxyl groups is 1. The van der Waals surface area contributed by atoms with Gasteiger partial charge in [0.25, 0.3) is 0 Å². The fourth-order valence-corrected chi connectivity index (χ4v) is 1.47. The first-order valence-electron chi connectivity index (χ1n) is 4.69. The van der Waals surface area contributed by atoms with E-state index in [9.17, 15) is 9.90 Å². The van der Waals surface area contributed by atoms with E-state index in [1.54, 1.807) is 12.1 Å². The lowest BCUT2D eigenvalue weighted by Gasteiger charge is -2.18. The van der Waals surface area contributed by atoms with Crippen molar-refractivity contribution in [3.05, 3.63) is 35.9 Å². The molecule has 3 heteroatoms. The van der Waals surface area contributed by atoms with Crippen molar-refractivity contribution in [2.24, 2.45) is 5.73 Å². The third kappa shape index (κ3) is 2.33. The van der Waals surface area contributed by atoms with Gasteiger partial charge in [0.05, 0.1) is 12.0 Å². The van der Waals surface area contributed by atoms with Gasteiger partial charge in [-0.2, -0.15) is 0 Å². The summed E-state index contributed by atoms with van der Waals surface area (Å²) >= 11 is 0. The zero-order chi connectivity index (χ0) is 10.6. The lowest BCUT2D eigenvalue weighted by atomic mass is 9.91. The number of carbonyl (C=O) groups excluding carboxylic acids is 1. The summed E-state index contributed by atoms with van der Waals surface area (Å²) in [4.78, 5) is 11.2. The SMILES string of the molecule is CCC(O)C(C(N)=O)c1ccccc1. The number of hydrogen-bond donors (Lipinski definition) is 2. The third-order valence-corrected chi connectivity index (χ3v) is 2.27. The number of aliphatic hydroxyl groups excluding tert-OH is 1. The molecule has 1 amide bonds. The van der Waals surface area contributed by atoms with Crippen LogP contribution in [-0.2, 0) is 4.79 Å². The minimum absolute atomic E-state index is 0.481. The van der Waals surface area contributed by atoms with Crippen molar-refractivity contribution in [3.8, 4) is 0 Å². The molecule has 14 heavy (non-hydrogen) atoms. The molecule has 0 fully saturated rings. The number of rotatable bonds is 4. The summed E-state index contributed by atoms with van der Waals surface area (Å²) in [6.07, 6.45) is -0.183. The van der Waals surface area contributed by atoms with Crippen LogP contribution >= 0.6 is 0 Å². The van der Waals surface area contributed by atoms with Gasteiger partial charge in [-0.3, -0.25) is 4.79 Å². The first-order valence-corrected chi connectivity index (χ1v) is 4.69. The molecular formula is C11H15NO2. The molecule has 0 aliphatic carbocycles. The van der Waals surface area contributed by atoms with Crippen molar-refractivity contribution < 1.29 is 9.90 Å². The Labute approximate surface area is 83.6 Å². The molecule has 1 aromatic rings. The van der Waals surface area contributed by atoms with Gasteiger partial charge in [-0.1, -0.05) is 37.3 Å². The van der Waals surface area contributed by atoms with E-state index in [-0.39, 0.29) is 0 Å². The van der Waals surface area contributed by atoms with Crippen molar-refractivity contribution in [3.63, 3.8) is 0 Å². The smallest absolute Gasteiger partial charge is 0.227 e. The van der Waals surface area contributed by atoms with Crippen LogP contribution in [0.1, 0.15) is 24.8 Å². The maximum Gasteiger partial charge on any atom is 0.227 e. The van der Waals surface area contributed by atoms with Gasteiger partial charge in [-0.25, -0.2) is 0 Å². The second-order valence-corrected chi connectivity index (χ2v) is 3.27. The molecule has 0 saturated carbocycles. The standard InChI is InChI=1S/C11H15NO2/c1-2-9(13)10(11(12)14)8-6-4-3-5-7-8/h3-7,9-10,13H,2H2,1H3,(H2,12,14). The molecule has 1 rings (SSSR count). The topological polar surface area (TPSA) is 63.3 Å². The molecule has 0 bridgehead atoms. The molecule has 0 saturated heterocycles. The summed E-state index contributed by atoms with van der Waals surface area (Å²) in [7, 11) is 0. The lowest BCUT2D eigenvalue weighted by molar-refractivity contribution is -0.121. The fourth-order valence-electron chi connectivity index (χ4n) is 1.47. The molecule has 1 aromatic carbocycles. The monoisotopic (exact) mass is 193 g/mol. The van der Waals surface area contributed by atoms with Crippen molar-refractivity contribution in [1.82, 2.24) is 0 Å². The number of primary amides is 1. The molecule has 0 spiro atoms. The van der Waals surface area contributed by atoms with Crippen LogP contribution in [0.25, 0.3) is 0 Å². The first kappa shape index (κ1) is 10.7. The van der Waals surface area contributed by atoms with Gasteiger partial charge < -0.3 is 10.8 Å². The molecule has 3 nitrogen and oxygen atoms in total. The third-order valence-electron chi connectivity index (χ3n) is 2.27. The molecule has 2 atom stereocenters. The maximum absolute atomic E-state index is 11.2. The van der Waals surface area contributed by atoms with Crippen LogP contribution in [0.2, 0.25) is 0 Å². The van der Waals surface area contributed by atoms with E-state index in [0.717, 1.165) is 5.56 Å². The van der Waals surface area contributed by atoms with Crippen molar-refractivity contribution in [2.45, 2.75) is 25.4 Å². The van der Waals surface area contributed by atoms with E-state index < -0.39 is 17.9 Å². The molecule has 2 unspecified atom stereocenters. The number of nitrogens with two attached hydrogens (primary N) is 1. The molecule has 0 aromatic heterocycles. The average Bonchev–Trinajstić information content (AvgIpc) is 2.19. The molecular weight excluding hydrogens is 178 g/mol. The predicted octanol–water partition coefficient (Wildman–Crippen LogP) is 1.03. The van der Waals surface area contributed by atoms with E-state index >= 15 is 0 Å². The van der Waals surface area contributed by atoms with Crippen molar-refractivity contribution >= 4 is 5.91 Å². The minimum Gasteiger partial charge on any atom is -0.392 e. The van der Waals surface area contributed by atoms with Gasteiger partial charge in [-0.05, 0) is 12.0 Å². The van der Waals surface area contributed by atoms with Crippen LogP contribution in [0.5, 0.6) is 0 Å². The predicted molar refractivity (Wildman–Crippen MR) is 54.7 cm³/mol. The Morgan fingerprint density at radius 3 is 2.43 bits per heavy atom. The number of amides is 1. The van der Waals surface area contributed by atoms with E-state index in [4.69, 9.17) is 5.73 Å². The molecule has 0 aliphatic heterocycles. The zero-order valence-electron chi connectivity index (χ0n) is 8.18. The van der Waals surface area contributed by atoms with Crippen molar-refractivity contribution in [1.29, 1.82) is 0 Å².